The molecule has 0 spiro atoms. The van der Waals surface area contributed by atoms with E-state index in [4.69, 9.17) is 32.4 Å². The van der Waals surface area contributed by atoms with Gasteiger partial charge >= 0.3 is 6.01 Å². The lowest BCUT2D eigenvalue weighted by Gasteiger charge is -2.05. The van der Waals surface area contributed by atoms with Crippen molar-refractivity contribution in [2.24, 2.45) is 0 Å². The summed E-state index contributed by atoms with van der Waals surface area (Å²) in [7, 11) is 0. The van der Waals surface area contributed by atoms with E-state index < -0.39 is 5.91 Å². The number of carbonyl (C=O) groups excluding carboxylic acids is 1. The second-order valence-corrected chi connectivity index (χ2v) is 6.10. The Kier molecular flexibility index (Phi) is 5.21. The lowest BCUT2D eigenvalue weighted by Crippen LogP contribution is -2.20. The Morgan fingerprint density at radius 3 is 2.64 bits per heavy atom. The van der Waals surface area contributed by atoms with Crippen molar-refractivity contribution in [2.45, 2.75) is 6.92 Å². The Morgan fingerprint density at radius 2 is 1.92 bits per heavy atom. The van der Waals surface area contributed by atoms with Gasteiger partial charge in [0.15, 0.2) is 6.61 Å². The molecule has 1 heterocycles. The molecule has 1 amide bonds. The molecule has 1 N–H and O–H groups in total. The number of nitrogens with one attached hydrogen (secondary N) is 1. The number of hydrogen-bond acceptors (Lipinski definition) is 5. The SMILES string of the molecule is Cc1cccc(OCC(=O)Nc2nnc(-c3cc(Cl)cc(Cl)c3)o2)c1. The van der Waals surface area contributed by atoms with Crippen LogP contribution in [0, 0.1) is 6.92 Å². The molecule has 3 rings (SSSR count). The lowest BCUT2D eigenvalue weighted by molar-refractivity contribution is -0.118. The molecule has 0 aliphatic rings. The van der Waals surface area contributed by atoms with Crippen LogP contribution in [0.4, 0.5) is 6.01 Å². The van der Waals surface area contributed by atoms with Gasteiger partial charge < -0.3 is 9.15 Å². The van der Waals surface area contributed by atoms with Gasteiger partial charge in [-0.15, -0.1) is 5.10 Å². The van der Waals surface area contributed by atoms with Gasteiger partial charge in [0.1, 0.15) is 5.75 Å². The van der Waals surface area contributed by atoms with Crippen LogP contribution in [-0.2, 0) is 4.79 Å². The topological polar surface area (TPSA) is 77.2 Å². The summed E-state index contributed by atoms with van der Waals surface area (Å²) in [5.41, 5.74) is 1.60. The van der Waals surface area contributed by atoms with Crippen molar-refractivity contribution in [2.75, 3.05) is 11.9 Å². The van der Waals surface area contributed by atoms with E-state index in [0.29, 0.717) is 21.4 Å². The third-order valence-corrected chi connectivity index (χ3v) is 3.58. The van der Waals surface area contributed by atoms with E-state index in [9.17, 15) is 4.79 Å². The maximum absolute atomic E-state index is 11.9. The third kappa shape index (κ3) is 4.71. The Hall–Kier alpha value is -2.57. The summed E-state index contributed by atoms with van der Waals surface area (Å²) < 4.78 is 10.8. The van der Waals surface area contributed by atoms with Crippen LogP contribution >= 0.6 is 23.2 Å². The number of carbonyl (C=O) groups is 1. The zero-order valence-electron chi connectivity index (χ0n) is 13.1. The highest BCUT2D eigenvalue weighted by atomic mass is 35.5. The molecule has 0 saturated heterocycles. The highest BCUT2D eigenvalue weighted by molar-refractivity contribution is 6.35. The maximum Gasteiger partial charge on any atom is 0.322 e. The molecular formula is C17H13Cl2N3O3. The Labute approximate surface area is 153 Å². The molecule has 0 unspecified atom stereocenters. The smallest absolute Gasteiger partial charge is 0.322 e. The van der Waals surface area contributed by atoms with Gasteiger partial charge in [-0.25, -0.2) is 0 Å². The van der Waals surface area contributed by atoms with Crippen LogP contribution in [0.15, 0.2) is 46.9 Å². The van der Waals surface area contributed by atoms with Gasteiger partial charge in [-0.3, -0.25) is 10.1 Å². The Balaban J connectivity index is 1.62. The molecule has 6 nitrogen and oxygen atoms in total. The molecule has 25 heavy (non-hydrogen) atoms. The molecule has 8 heteroatoms. The van der Waals surface area contributed by atoms with E-state index >= 15 is 0 Å². The van der Waals surface area contributed by atoms with Crippen molar-refractivity contribution in [1.82, 2.24) is 10.2 Å². The monoisotopic (exact) mass is 377 g/mol. The second-order valence-electron chi connectivity index (χ2n) is 5.22. The van der Waals surface area contributed by atoms with Crippen molar-refractivity contribution in [1.29, 1.82) is 0 Å². The number of halogens is 2. The van der Waals surface area contributed by atoms with Gasteiger partial charge in [0.05, 0.1) is 0 Å². The molecule has 0 aliphatic heterocycles. The predicted octanol–water partition coefficient (Wildman–Crippen LogP) is 4.37. The molecule has 2 aromatic carbocycles. The first kappa shape index (κ1) is 17.3. The summed E-state index contributed by atoms with van der Waals surface area (Å²) in [6, 6.07) is 12.2. The number of benzene rings is 2. The quantitative estimate of drug-likeness (QED) is 0.714. The number of amides is 1. The molecule has 0 bridgehead atoms. The Morgan fingerprint density at radius 1 is 1.16 bits per heavy atom. The van der Waals surface area contributed by atoms with Crippen LogP contribution in [-0.4, -0.2) is 22.7 Å². The highest BCUT2D eigenvalue weighted by Crippen LogP contribution is 2.27. The number of nitrogens with zero attached hydrogens (tertiary/aromatic N) is 2. The normalized spacial score (nSPS) is 10.5. The van der Waals surface area contributed by atoms with Crippen molar-refractivity contribution in [3.63, 3.8) is 0 Å². The second kappa shape index (κ2) is 7.55. The van der Waals surface area contributed by atoms with Gasteiger partial charge in [0.2, 0.25) is 5.89 Å². The number of hydrogen-bond donors (Lipinski definition) is 1. The minimum atomic E-state index is -0.416. The highest BCUT2D eigenvalue weighted by Gasteiger charge is 2.13. The van der Waals surface area contributed by atoms with E-state index in [-0.39, 0.29) is 18.5 Å². The summed E-state index contributed by atoms with van der Waals surface area (Å²) in [5, 5.41) is 11.0. The maximum atomic E-state index is 11.9. The number of rotatable bonds is 5. The van der Waals surface area contributed by atoms with Crippen LogP contribution in [0.1, 0.15) is 5.56 Å². The first-order valence-corrected chi connectivity index (χ1v) is 8.04. The van der Waals surface area contributed by atoms with Crippen molar-refractivity contribution < 1.29 is 13.9 Å². The fourth-order valence-electron chi connectivity index (χ4n) is 2.08. The predicted molar refractivity (Wildman–Crippen MR) is 95.1 cm³/mol. The fourth-order valence-corrected chi connectivity index (χ4v) is 2.60. The minimum Gasteiger partial charge on any atom is -0.484 e. The first-order chi connectivity index (χ1) is 12.0. The standard InChI is InChI=1S/C17H13Cl2N3O3/c1-10-3-2-4-14(5-10)24-9-15(23)20-17-22-21-16(25-17)11-6-12(18)8-13(19)7-11/h2-8H,9H2,1H3,(H,20,22,23). The zero-order chi connectivity index (χ0) is 17.8. The molecule has 1 aromatic heterocycles. The number of anilines is 1. The van der Waals surface area contributed by atoms with Crippen LogP contribution in [0.25, 0.3) is 11.5 Å². The van der Waals surface area contributed by atoms with Gasteiger partial charge in [0, 0.05) is 15.6 Å². The number of aryl methyl sites for hydroxylation is 1. The largest absolute Gasteiger partial charge is 0.484 e. The van der Waals surface area contributed by atoms with Crippen molar-refractivity contribution in [3.05, 3.63) is 58.1 Å². The summed E-state index contributed by atoms with van der Waals surface area (Å²) in [5.74, 6) is 0.384. The van der Waals surface area contributed by atoms with Gasteiger partial charge in [-0.2, -0.15) is 0 Å². The molecule has 0 radical (unpaired) electrons. The number of ether oxygens (including phenoxy) is 1. The first-order valence-electron chi connectivity index (χ1n) is 7.29. The third-order valence-electron chi connectivity index (χ3n) is 3.14. The Bertz CT molecular complexity index is 891. The molecule has 0 aliphatic carbocycles. The number of aromatic nitrogens is 2. The van der Waals surface area contributed by atoms with Gasteiger partial charge in [0.25, 0.3) is 5.91 Å². The molecule has 128 valence electrons. The summed E-state index contributed by atoms with van der Waals surface area (Å²) in [4.78, 5) is 11.9. The van der Waals surface area contributed by atoms with E-state index in [0.717, 1.165) is 5.56 Å². The van der Waals surface area contributed by atoms with Crippen LogP contribution in [0.3, 0.4) is 0 Å². The fraction of sp³-hybridized carbons (Fsp3) is 0.118. The average molecular weight is 378 g/mol. The molecule has 0 fully saturated rings. The van der Waals surface area contributed by atoms with E-state index in [1.165, 1.54) is 0 Å². The molecular weight excluding hydrogens is 365 g/mol. The van der Waals surface area contributed by atoms with E-state index in [2.05, 4.69) is 15.5 Å². The van der Waals surface area contributed by atoms with E-state index in [1.807, 2.05) is 25.1 Å². The van der Waals surface area contributed by atoms with Gasteiger partial charge in [-0.1, -0.05) is 40.4 Å². The van der Waals surface area contributed by atoms with Crippen molar-refractivity contribution >= 4 is 35.1 Å². The van der Waals surface area contributed by atoms with Crippen LogP contribution in [0.5, 0.6) is 5.75 Å². The molecule has 0 saturated carbocycles. The molecule has 3 aromatic rings. The van der Waals surface area contributed by atoms with Crippen LogP contribution < -0.4 is 10.1 Å². The van der Waals surface area contributed by atoms with E-state index in [1.54, 1.807) is 24.3 Å². The van der Waals surface area contributed by atoms with Crippen LogP contribution in [0.2, 0.25) is 10.0 Å². The summed E-state index contributed by atoms with van der Waals surface area (Å²) in [6.45, 7) is 1.76. The van der Waals surface area contributed by atoms with Gasteiger partial charge in [-0.05, 0) is 42.8 Å². The summed E-state index contributed by atoms with van der Waals surface area (Å²) >= 11 is 11.9. The average Bonchev–Trinajstić information content (AvgIpc) is 3.01. The zero-order valence-corrected chi connectivity index (χ0v) is 14.6. The lowest BCUT2D eigenvalue weighted by atomic mass is 10.2. The molecule has 0 atom stereocenters. The minimum absolute atomic E-state index is 0.0380. The summed E-state index contributed by atoms with van der Waals surface area (Å²) in [6.07, 6.45) is 0. The van der Waals surface area contributed by atoms with Crippen molar-refractivity contribution in [3.8, 4) is 17.2 Å².